The maximum absolute atomic E-state index is 10.5. The molecule has 2 N–H and O–H groups in total. The molecule has 0 radical (unpaired) electrons. The predicted octanol–water partition coefficient (Wildman–Crippen LogP) is 4.37. The highest BCUT2D eigenvalue weighted by molar-refractivity contribution is 6.32. The summed E-state index contributed by atoms with van der Waals surface area (Å²) in [6, 6.07) is 20.0. The van der Waals surface area contributed by atoms with Crippen LogP contribution in [-0.4, -0.2) is 25.3 Å². The van der Waals surface area contributed by atoms with Crippen molar-refractivity contribution >= 4 is 22.4 Å². The molecule has 3 rings (SSSR count). The van der Waals surface area contributed by atoms with E-state index in [0.29, 0.717) is 17.3 Å². The summed E-state index contributed by atoms with van der Waals surface area (Å²) in [6.07, 6.45) is 0.303. The molecule has 3 nitrogen and oxygen atoms in total. The van der Waals surface area contributed by atoms with Gasteiger partial charge in [0.15, 0.2) is 0 Å². The summed E-state index contributed by atoms with van der Waals surface area (Å²) >= 11 is 6.14. The van der Waals surface area contributed by atoms with Gasteiger partial charge in [-0.25, -0.2) is 0 Å². The van der Waals surface area contributed by atoms with Crippen molar-refractivity contribution in [1.29, 1.82) is 0 Å². The van der Waals surface area contributed by atoms with Crippen LogP contribution in [0.4, 0.5) is 0 Å². The standard InChI is InChI=1S/C21H22ClNO2/c1-25-21-10-9-15(13-19(21)22)11-12-23-14-20(24)18-8-4-6-16-5-2-3-7-17(16)18/h2-10,13,20,23-24H,11-12,14H2,1H3. The van der Waals surface area contributed by atoms with Gasteiger partial charge < -0.3 is 15.2 Å². The Morgan fingerprint density at radius 3 is 2.68 bits per heavy atom. The van der Waals surface area contributed by atoms with Crippen molar-refractivity contribution in [3.8, 4) is 5.75 Å². The number of halogens is 1. The molecule has 1 atom stereocenters. The van der Waals surface area contributed by atoms with Gasteiger partial charge in [0.25, 0.3) is 0 Å². The highest BCUT2D eigenvalue weighted by Crippen LogP contribution is 2.25. The van der Waals surface area contributed by atoms with E-state index in [4.69, 9.17) is 16.3 Å². The first-order valence-electron chi connectivity index (χ1n) is 8.38. The zero-order chi connectivity index (χ0) is 17.6. The Labute approximate surface area is 153 Å². The number of aliphatic hydroxyl groups is 1. The van der Waals surface area contributed by atoms with Crippen LogP contribution in [0.15, 0.2) is 60.7 Å². The van der Waals surface area contributed by atoms with Crippen molar-refractivity contribution in [2.75, 3.05) is 20.2 Å². The normalized spacial score (nSPS) is 12.3. The summed E-state index contributed by atoms with van der Waals surface area (Å²) in [5.41, 5.74) is 2.09. The summed E-state index contributed by atoms with van der Waals surface area (Å²) in [5.74, 6) is 0.685. The van der Waals surface area contributed by atoms with Crippen LogP contribution in [0.25, 0.3) is 10.8 Å². The Hall–Kier alpha value is -2.07. The van der Waals surface area contributed by atoms with E-state index in [-0.39, 0.29) is 0 Å². The smallest absolute Gasteiger partial charge is 0.137 e. The molecule has 3 aromatic rings. The van der Waals surface area contributed by atoms with Gasteiger partial charge in [-0.3, -0.25) is 0 Å². The van der Waals surface area contributed by atoms with Gasteiger partial charge in [0.05, 0.1) is 18.2 Å². The lowest BCUT2D eigenvalue weighted by Crippen LogP contribution is -2.23. The minimum Gasteiger partial charge on any atom is -0.495 e. The summed E-state index contributed by atoms with van der Waals surface area (Å²) in [5, 5.41) is 16.7. The van der Waals surface area contributed by atoms with Crippen molar-refractivity contribution in [3.05, 3.63) is 76.8 Å². The van der Waals surface area contributed by atoms with Crippen LogP contribution in [0.3, 0.4) is 0 Å². The minimum atomic E-state index is -0.537. The number of benzene rings is 3. The molecule has 0 fully saturated rings. The maximum atomic E-state index is 10.5. The second kappa shape index (κ2) is 8.34. The molecule has 3 aromatic carbocycles. The summed E-state index contributed by atoms with van der Waals surface area (Å²) in [7, 11) is 1.61. The Balaban J connectivity index is 1.56. The largest absolute Gasteiger partial charge is 0.495 e. The van der Waals surface area contributed by atoms with Crippen LogP contribution in [0.1, 0.15) is 17.2 Å². The van der Waals surface area contributed by atoms with Crippen LogP contribution in [0.2, 0.25) is 5.02 Å². The van der Waals surface area contributed by atoms with Gasteiger partial charge in [-0.15, -0.1) is 0 Å². The number of rotatable bonds is 7. The first kappa shape index (κ1) is 17.7. The van der Waals surface area contributed by atoms with Crippen LogP contribution in [0.5, 0.6) is 5.75 Å². The fourth-order valence-electron chi connectivity index (χ4n) is 2.99. The Bertz CT molecular complexity index is 845. The average Bonchev–Trinajstić information content (AvgIpc) is 2.64. The molecule has 0 saturated carbocycles. The lowest BCUT2D eigenvalue weighted by Gasteiger charge is -2.15. The highest BCUT2D eigenvalue weighted by atomic mass is 35.5. The fourth-order valence-corrected chi connectivity index (χ4v) is 3.27. The molecule has 0 heterocycles. The quantitative estimate of drug-likeness (QED) is 0.618. The fraction of sp³-hybridized carbons (Fsp3) is 0.238. The molecule has 0 saturated heterocycles. The third kappa shape index (κ3) is 4.31. The molecule has 0 amide bonds. The summed E-state index contributed by atoms with van der Waals surface area (Å²) < 4.78 is 5.16. The highest BCUT2D eigenvalue weighted by Gasteiger charge is 2.10. The van der Waals surface area contributed by atoms with Crippen molar-refractivity contribution in [3.63, 3.8) is 0 Å². The molecule has 0 aliphatic heterocycles. The van der Waals surface area contributed by atoms with E-state index in [2.05, 4.69) is 17.4 Å². The van der Waals surface area contributed by atoms with Gasteiger partial charge in [0.2, 0.25) is 0 Å². The molecule has 0 bridgehead atoms. The molecular formula is C21H22ClNO2. The van der Waals surface area contributed by atoms with Crippen molar-refractivity contribution in [1.82, 2.24) is 5.32 Å². The van der Waals surface area contributed by atoms with Gasteiger partial charge in [-0.05, 0) is 47.0 Å². The first-order valence-corrected chi connectivity index (χ1v) is 8.75. The third-order valence-corrected chi connectivity index (χ3v) is 4.62. The Morgan fingerprint density at radius 2 is 1.88 bits per heavy atom. The average molecular weight is 356 g/mol. The molecule has 0 aromatic heterocycles. The lowest BCUT2D eigenvalue weighted by atomic mass is 10.0. The zero-order valence-electron chi connectivity index (χ0n) is 14.2. The molecule has 0 aliphatic rings. The molecule has 4 heteroatoms. The van der Waals surface area contributed by atoms with Crippen LogP contribution in [0, 0.1) is 0 Å². The van der Waals surface area contributed by atoms with Crippen LogP contribution < -0.4 is 10.1 Å². The van der Waals surface area contributed by atoms with E-state index in [1.807, 2.05) is 48.5 Å². The number of ether oxygens (including phenoxy) is 1. The van der Waals surface area contributed by atoms with Crippen molar-refractivity contribution in [2.24, 2.45) is 0 Å². The second-order valence-electron chi connectivity index (χ2n) is 6.01. The van der Waals surface area contributed by atoms with Crippen molar-refractivity contribution < 1.29 is 9.84 Å². The molecule has 1 unspecified atom stereocenters. The van der Waals surface area contributed by atoms with E-state index in [9.17, 15) is 5.11 Å². The number of fused-ring (bicyclic) bond motifs is 1. The number of methoxy groups -OCH3 is 1. The number of aliphatic hydroxyl groups excluding tert-OH is 1. The monoisotopic (exact) mass is 355 g/mol. The molecular weight excluding hydrogens is 334 g/mol. The van der Waals surface area contributed by atoms with Gasteiger partial charge in [-0.1, -0.05) is 60.1 Å². The van der Waals surface area contributed by atoms with E-state index in [1.165, 1.54) is 0 Å². The molecule has 25 heavy (non-hydrogen) atoms. The van der Waals surface area contributed by atoms with Crippen LogP contribution >= 0.6 is 11.6 Å². The summed E-state index contributed by atoms with van der Waals surface area (Å²) in [6.45, 7) is 1.28. The second-order valence-corrected chi connectivity index (χ2v) is 6.41. The number of hydrogen-bond donors (Lipinski definition) is 2. The van der Waals surface area contributed by atoms with E-state index < -0.39 is 6.10 Å². The number of nitrogens with one attached hydrogen (secondary N) is 1. The van der Waals surface area contributed by atoms with E-state index in [1.54, 1.807) is 7.11 Å². The zero-order valence-corrected chi connectivity index (χ0v) is 15.0. The molecule has 0 spiro atoms. The molecule has 0 aliphatic carbocycles. The van der Waals surface area contributed by atoms with Crippen LogP contribution in [-0.2, 0) is 6.42 Å². The lowest BCUT2D eigenvalue weighted by molar-refractivity contribution is 0.176. The SMILES string of the molecule is COc1ccc(CCNCC(O)c2cccc3ccccc23)cc1Cl. The topological polar surface area (TPSA) is 41.5 Å². The third-order valence-electron chi connectivity index (χ3n) is 4.33. The van der Waals surface area contributed by atoms with Crippen molar-refractivity contribution in [2.45, 2.75) is 12.5 Å². The Kier molecular flexibility index (Phi) is 5.92. The summed E-state index contributed by atoms with van der Waals surface area (Å²) in [4.78, 5) is 0. The maximum Gasteiger partial charge on any atom is 0.137 e. The van der Waals surface area contributed by atoms with Gasteiger partial charge >= 0.3 is 0 Å². The van der Waals surface area contributed by atoms with Gasteiger partial charge in [0, 0.05) is 6.54 Å². The first-order chi connectivity index (χ1) is 12.2. The number of hydrogen-bond acceptors (Lipinski definition) is 3. The molecule has 130 valence electrons. The van der Waals surface area contributed by atoms with Gasteiger partial charge in [-0.2, -0.15) is 0 Å². The Morgan fingerprint density at radius 1 is 1.08 bits per heavy atom. The van der Waals surface area contributed by atoms with E-state index >= 15 is 0 Å². The van der Waals surface area contributed by atoms with E-state index in [0.717, 1.165) is 34.9 Å². The minimum absolute atomic E-state index is 0.512. The van der Waals surface area contributed by atoms with Gasteiger partial charge in [0.1, 0.15) is 5.75 Å². The predicted molar refractivity (Wildman–Crippen MR) is 103 cm³/mol.